The summed E-state index contributed by atoms with van der Waals surface area (Å²) in [5, 5.41) is 13.3. The van der Waals surface area contributed by atoms with E-state index in [9.17, 15) is 13.5 Å². The van der Waals surface area contributed by atoms with Crippen LogP contribution >= 0.6 is 11.3 Å². The van der Waals surface area contributed by atoms with Crippen LogP contribution in [0.15, 0.2) is 28.0 Å². The van der Waals surface area contributed by atoms with Crippen molar-refractivity contribution < 1.29 is 13.5 Å². The maximum absolute atomic E-state index is 12.4. The van der Waals surface area contributed by atoms with Crippen molar-refractivity contribution in [3.63, 3.8) is 0 Å². The van der Waals surface area contributed by atoms with Crippen LogP contribution in [-0.4, -0.2) is 36.2 Å². The molecule has 0 saturated carbocycles. The number of hydrogen-bond acceptors (Lipinski definition) is 5. The second-order valence-corrected chi connectivity index (χ2v) is 8.65. The molecule has 8 heteroatoms. The van der Waals surface area contributed by atoms with Crippen LogP contribution in [-0.2, 0) is 17.1 Å². The van der Waals surface area contributed by atoms with Crippen molar-refractivity contribution in [3.05, 3.63) is 34.4 Å². The normalized spacial score (nSPS) is 13.5. The Kier molecular flexibility index (Phi) is 6.56. The molecule has 0 aliphatic rings. The van der Waals surface area contributed by atoms with Gasteiger partial charge in [0.2, 0.25) is 0 Å². The molecular formula is C16H25N3O3S2. The third-order valence-electron chi connectivity index (χ3n) is 3.96. The van der Waals surface area contributed by atoms with Gasteiger partial charge in [-0.15, -0.1) is 0 Å². The molecule has 0 bridgehead atoms. The van der Waals surface area contributed by atoms with E-state index in [0.717, 1.165) is 11.4 Å². The first kappa shape index (κ1) is 19.1. The summed E-state index contributed by atoms with van der Waals surface area (Å²) in [6.45, 7) is 4.36. The first-order valence-electron chi connectivity index (χ1n) is 8.01. The van der Waals surface area contributed by atoms with Crippen LogP contribution in [0.4, 0.5) is 0 Å². The molecular weight excluding hydrogens is 346 g/mol. The summed E-state index contributed by atoms with van der Waals surface area (Å²) in [7, 11) is -1.82. The predicted octanol–water partition coefficient (Wildman–Crippen LogP) is 2.44. The van der Waals surface area contributed by atoms with Crippen LogP contribution in [0, 0.1) is 0 Å². The van der Waals surface area contributed by atoms with E-state index in [-0.39, 0.29) is 23.5 Å². The Morgan fingerprint density at radius 3 is 2.67 bits per heavy atom. The number of aliphatic hydroxyl groups is 1. The minimum absolute atomic E-state index is 0.0583. The van der Waals surface area contributed by atoms with Gasteiger partial charge in [-0.25, -0.2) is 18.1 Å². The summed E-state index contributed by atoms with van der Waals surface area (Å²) in [4.78, 5) is 4.24. The Morgan fingerprint density at radius 2 is 2.12 bits per heavy atom. The topological polar surface area (TPSA) is 84.2 Å². The van der Waals surface area contributed by atoms with Crippen molar-refractivity contribution in [2.45, 2.75) is 43.6 Å². The molecule has 0 fully saturated rings. The number of rotatable bonds is 9. The van der Waals surface area contributed by atoms with E-state index < -0.39 is 10.0 Å². The van der Waals surface area contributed by atoms with Crippen molar-refractivity contribution >= 4 is 21.4 Å². The van der Waals surface area contributed by atoms with Gasteiger partial charge in [0.25, 0.3) is 10.0 Å². The molecule has 2 rings (SSSR count). The van der Waals surface area contributed by atoms with Gasteiger partial charge in [-0.3, -0.25) is 0 Å². The smallest absolute Gasteiger partial charge is 0.259 e. The molecule has 2 heterocycles. The SMILES string of the molecule is CC(C)c1nc(S(=O)(=O)NCC[C@@H](CCO)c2ccsc2)cn1C. The van der Waals surface area contributed by atoms with E-state index in [1.807, 2.05) is 30.7 Å². The van der Waals surface area contributed by atoms with Gasteiger partial charge in [0.1, 0.15) is 5.82 Å². The highest BCUT2D eigenvalue weighted by Crippen LogP contribution is 2.25. The standard InChI is InChI=1S/C16H25N3O3S2/c1-12(2)16-18-15(10-19(16)3)24(21,22)17-7-4-13(5-8-20)14-6-9-23-11-14/h6,9-13,17,20H,4-5,7-8H2,1-3H3/t13-/m0/s1. The van der Waals surface area contributed by atoms with Gasteiger partial charge in [0.15, 0.2) is 5.03 Å². The summed E-state index contributed by atoms with van der Waals surface area (Å²) in [6.07, 6.45) is 2.81. The highest BCUT2D eigenvalue weighted by Gasteiger charge is 2.21. The van der Waals surface area contributed by atoms with E-state index in [1.54, 1.807) is 29.1 Å². The van der Waals surface area contributed by atoms with E-state index in [2.05, 4.69) is 9.71 Å². The molecule has 0 aliphatic heterocycles. The number of imidazole rings is 1. The quantitative estimate of drug-likeness (QED) is 0.709. The monoisotopic (exact) mass is 371 g/mol. The van der Waals surface area contributed by atoms with Crippen LogP contribution in [0.1, 0.15) is 49.9 Å². The minimum Gasteiger partial charge on any atom is -0.396 e. The summed E-state index contributed by atoms with van der Waals surface area (Å²) in [6, 6.07) is 2.02. The summed E-state index contributed by atoms with van der Waals surface area (Å²) < 4.78 is 29.2. The molecule has 2 N–H and O–H groups in total. The fourth-order valence-electron chi connectivity index (χ4n) is 2.70. The zero-order valence-corrected chi connectivity index (χ0v) is 15.9. The van der Waals surface area contributed by atoms with Crippen molar-refractivity contribution in [1.29, 1.82) is 0 Å². The van der Waals surface area contributed by atoms with Gasteiger partial charge in [-0.1, -0.05) is 13.8 Å². The minimum atomic E-state index is -3.62. The number of nitrogens with zero attached hydrogens (tertiary/aromatic N) is 2. The zero-order valence-electron chi connectivity index (χ0n) is 14.3. The fourth-order valence-corrected chi connectivity index (χ4v) is 4.49. The average molecular weight is 372 g/mol. The lowest BCUT2D eigenvalue weighted by Crippen LogP contribution is -2.26. The third-order valence-corrected chi connectivity index (χ3v) is 5.99. The van der Waals surface area contributed by atoms with E-state index in [4.69, 9.17) is 0 Å². The largest absolute Gasteiger partial charge is 0.396 e. The first-order valence-corrected chi connectivity index (χ1v) is 10.4. The van der Waals surface area contributed by atoms with Gasteiger partial charge >= 0.3 is 0 Å². The molecule has 6 nitrogen and oxygen atoms in total. The molecule has 134 valence electrons. The van der Waals surface area contributed by atoms with Crippen LogP contribution in [0.2, 0.25) is 0 Å². The molecule has 0 amide bonds. The number of hydrogen-bond donors (Lipinski definition) is 2. The molecule has 24 heavy (non-hydrogen) atoms. The highest BCUT2D eigenvalue weighted by molar-refractivity contribution is 7.89. The molecule has 0 aliphatic carbocycles. The summed E-state index contributed by atoms with van der Waals surface area (Å²) in [5.41, 5.74) is 1.15. The molecule has 1 atom stereocenters. The Morgan fingerprint density at radius 1 is 1.38 bits per heavy atom. The van der Waals surface area contributed by atoms with Gasteiger partial charge in [-0.05, 0) is 41.1 Å². The Bertz CT molecular complexity index is 737. The number of aryl methyl sites for hydroxylation is 1. The van der Waals surface area contributed by atoms with Gasteiger partial charge < -0.3 is 9.67 Å². The van der Waals surface area contributed by atoms with Crippen LogP contribution < -0.4 is 4.72 Å². The van der Waals surface area contributed by atoms with E-state index >= 15 is 0 Å². The first-order chi connectivity index (χ1) is 11.3. The average Bonchev–Trinajstić information content (AvgIpc) is 3.15. The van der Waals surface area contributed by atoms with Crippen molar-refractivity contribution in [2.24, 2.45) is 7.05 Å². The lowest BCUT2D eigenvalue weighted by molar-refractivity contribution is 0.273. The lowest BCUT2D eigenvalue weighted by Gasteiger charge is -2.14. The molecule has 0 aromatic carbocycles. The Hall–Kier alpha value is -1.22. The Labute approximate surface area is 147 Å². The maximum Gasteiger partial charge on any atom is 0.259 e. The highest BCUT2D eigenvalue weighted by atomic mass is 32.2. The van der Waals surface area contributed by atoms with Gasteiger partial charge in [0, 0.05) is 32.3 Å². The number of nitrogens with one attached hydrogen (secondary N) is 1. The molecule has 0 spiro atoms. The second-order valence-electron chi connectivity index (χ2n) is 6.16. The van der Waals surface area contributed by atoms with E-state index in [0.29, 0.717) is 19.4 Å². The molecule has 0 unspecified atom stereocenters. The Balaban J connectivity index is 2.00. The van der Waals surface area contributed by atoms with Crippen LogP contribution in [0.5, 0.6) is 0 Å². The second kappa shape index (κ2) is 8.24. The number of thiophene rings is 1. The fraction of sp³-hybridized carbons (Fsp3) is 0.562. The molecule has 2 aromatic heterocycles. The summed E-state index contributed by atoms with van der Waals surface area (Å²) in [5.74, 6) is 1.05. The van der Waals surface area contributed by atoms with Gasteiger partial charge in [-0.2, -0.15) is 11.3 Å². The third kappa shape index (κ3) is 4.66. The lowest BCUT2D eigenvalue weighted by atomic mass is 9.95. The van der Waals surface area contributed by atoms with Crippen LogP contribution in [0.3, 0.4) is 0 Å². The number of sulfonamides is 1. The van der Waals surface area contributed by atoms with E-state index in [1.165, 1.54) is 0 Å². The summed E-state index contributed by atoms with van der Waals surface area (Å²) >= 11 is 1.60. The molecule has 2 aromatic rings. The van der Waals surface area contributed by atoms with Gasteiger partial charge in [0.05, 0.1) is 0 Å². The van der Waals surface area contributed by atoms with Crippen molar-refractivity contribution in [1.82, 2.24) is 14.3 Å². The van der Waals surface area contributed by atoms with Crippen molar-refractivity contribution in [3.8, 4) is 0 Å². The molecule has 0 radical (unpaired) electrons. The number of aliphatic hydroxyl groups excluding tert-OH is 1. The van der Waals surface area contributed by atoms with Crippen LogP contribution in [0.25, 0.3) is 0 Å². The van der Waals surface area contributed by atoms with Crippen molar-refractivity contribution in [2.75, 3.05) is 13.2 Å². The number of aromatic nitrogens is 2. The predicted molar refractivity (Wildman–Crippen MR) is 95.9 cm³/mol. The maximum atomic E-state index is 12.4. The zero-order chi connectivity index (χ0) is 17.7. The molecule has 0 saturated heterocycles.